The molecule has 0 bridgehead atoms. The number of para-hydroxylation sites is 2. The summed E-state index contributed by atoms with van der Waals surface area (Å²) < 4.78 is 2.25. The molecule has 0 aliphatic rings. The van der Waals surface area contributed by atoms with Gasteiger partial charge in [0.1, 0.15) is 5.82 Å². The summed E-state index contributed by atoms with van der Waals surface area (Å²) in [6.45, 7) is 7.17. The first-order valence-corrected chi connectivity index (χ1v) is 10.6. The zero-order valence-corrected chi connectivity index (χ0v) is 16.9. The van der Waals surface area contributed by atoms with Crippen LogP contribution in [0.25, 0.3) is 11.0 Å². The predicted octanol–water partition coefficient (Wildman–Crippen LogP) is 5.76. The first-order chi connectivity index (χ1) is 13.3. The van der Waals surface area contributed by atoms with Gasteiger partial charge in [-0.2, -0.15) is 0 Å². The maximum Gasteiger partial charge on any atom is 0.243 e. The molecule has 0 unspecified atom stereocenters. The highest BCUT2D eigenvalue weighted by molar-refractivity contribution is 5.86. The Kier molecular flexibility index (Phi) is 9.67. The molecule has 4 nitrogen and oxygen atoms in total. The van der Waals surface area contributed by atoms with Gasteiger partial charge in [0.2, 0.25) is 5.91 Å². The van der Waals surface area contributed by atoms with E-state index in [1.54, 1.807) is 0 Å². The average molecular weight is 370 g/mol. The fraction of sp³-hybridized carbons (Fsp3) is 0.565. The standard InChI is InChI=1S/C23H35N3O/c1-3-5-6-7-8-9-10-11-12-15-18-26-21-17-14-13-16-20(21)25-22(26)19-24-23(27)4-2/h4,13-14,16-17H,2-3,5-12,15,18-19H2,1H3,(H,24,27). The van der Waals surface area contributed by atoms with Gasteiger partial charge in [-0.3, -0.25) is 4.79 Å². The van der Waals surface area contributed by atoms with Crippen LogP contribution in [0.1, 0.15) is 77.0 Å². The molecule has 0 aliphatic carbocycles. The second-order valence-electron chi connectivity index (χ2n) is 7.27. The summed E-state index contributed by atoms with van der Waals surface area (Å²) in [7, 11) is 0. The van der Waals surface area contributed by atoms with E-state index in [0.717, 1.165) is 29.8 Å². The third-order valence-corrected chi connectivity index (χ3v) is 5.08. The number of nitrogens with zero attached hydrogens (tertiary/aromatic N) is 2. The molecule has 0 fully saturated rings. The van der Waals surface area contributed by atoms with Crippen LogP contribution in [0.4, 0.5) is 0 Å². The Morgan fingerprint density at radius 2 is 1.67 bits per heavy atom. The number of fused-ring (bicyclic) bond motifs is 1. The Hall–Kier alpha value is -2.10. The van der Waals surface area contributed by atoms with Crippen molar-refractivity contribution in [2.24, 2.45) is 0 Å². The molecule has 2 rings (SSSR count). The molecule has 1 aromatic heterocycles. The van der Waals surface area contributed by atoms with Gasteiger partial charge in [0.05, 0.1) is 17.6 Å². The summed E-state index contributed by atoms with van der Waals surface area (Å²) in [5, 5.41) is 2.85. The molecule has 1 aromatic carbocycles. The molecule has 27 heavy (non-hydrogen) atoms. The fourth-order valence-electron chi connectivity index (χ4n) is 3.51. The number of carbonyl (C=O) groups is 1. The van der Waals surface area contributed by atoms with Crippen LogP contribution in [-0.2, 0) is 17.9 Å². The van der Waals surface area contributed by atoms with Gasteiger partial charge in [-0.1, -0.05) is 83.4 Å². The number of aryl methyl sites for hydroxylation is 1. The highest BCUT2D eigenvalue weighted by Crippen LogP contribution is 2.18. The van der Waals surface area contributed by atoms with Crippen molar-refractivity contribution in [3.8, 4) is 0 Å². The van der Waals surface area contributed by atoms with Crippen LogP contribution in [-0.4, -0.2) is 15.5 Å². The smallest absolute Gasteiger partial charge is 0.243 e. The van der Waals surface area contributed by atoms with E-state index in [9.17, 15) is 4.79 Å². The van der Waals surface area contributed by atoms with Gasteiger partial charge in [0.25, 0.3) is 0 Å². The summed E-state index contributed by atoms with van der Waals surface area (Å²) in [6, 6.07) is 8.19. The van der Waals surface area contributed by atoms with Crippen LogP contribution in [0.3, 0.4) is 0 Å². The molecule has 0 atom stereocenters. The number of imidazole rings is 1. The third kappa shape index (κ3) is 7.20. The Morgan fingerprint density at radius 3 is 2.33 bits per heavy atom. The van der Waals surface area contributed by atoms with Crippen molar-refractivity contribution >= 4 is 16.9 Å². The molecule has 2 aromatic rings. The van der Waals surface area contributed by atoms with Crippen molar-refractivity contribution in [2.75, 3.05) is 0 Å². The Morgan fingerprint density at radius 1 is 1.04 bits per heavy atom. The quantitative estimate of drug-likeness (QED) is 0.340. The minimum absolute atomic E-state index is 0.160. The Bertz CT molecular complexity index is 705. The third-order valence-electron chi connectivity index (χ3n) is 5.08. The number of hydrogen-bond acceptors (Lipinski definition) is 2. The van der Waals surface area contributed by atoms with Crippen molar-refractivity contribution in [3.63, 3.8) is 0 Å². The van der Waals surface area contributed by atoms with Crippen molar-refractivity contribution in [3.05, 3.63) is 42.7 Å². The summed E-state index contributed by atoms with van der Waals surface area (Å²) in [5.41, 5.74) is 2.14. The molecular weight excluding hydrogens is 334 g/mol. The molecule has 0 saturated heterocycles. The molecular formula is C23H35N3O. The van der Waals surface area contributed by atoms with E-state index in [0.29, 0.717) is 6.54 Å². The maximum absolute atomic E-state index is 11.5. The van der Waals surface area contributed by atoms with Crippen LogP contribution in [0.5, 0.6) is 0 Å². The lowest BCUT2D eigenvalue weighted by atomic mass is 10.1. The first-order valence-electron chi connectivity index (χ1n) is 10.6. The number of nitrogens with one attached hydrogen (secondary N) is 1. The highest BCUT2D eigenvalue weighted by Gasteiger charge is 2.10. The van der Waals surface area contributed by atoms with E-state index in [1.165, 1.54) is 63.9 Å². The second kappa shape index (κ2) is 12.3. The SMILES string of the molecule is C=CC(=O)NCc1nc2ccccc2n1CCCCCCCCCCCC. The van der Waals surface area contributed by atoms with Crippen LogP contribution in [0, 0.1) is 0 Å². The molecule has 1 N–H and O–H groups in total. The summed E-state index contributed by atoms with van der Waals surface area (Å²) in [4.78, 5) is 16.2. The number of unbranched alkanes of at least 4 members (excludes halogenated alkanes) is 9. The number of amides is 1. The van der Waals surface area contributed by atoms with Gasteiger partial charge in [-0.15, -0.1) is 0 Å². The highest BCUT2D eigenvalue weighted by atomic mass is 16.1. The lowest BCUT2D eigenvalue weighted by Gasteiger charge is -2.10. The van der Waals surface area contributed by atoms with Crippen LogP contribution >= 0.6 is 0 Å². The number of rotatable bonds is 14. The van der Waals surface area contributed by atoms with Gasteiger partial charge >= 0.3 is 0 Å². The molecule has 0 radical (unpaired) electrons. The second-order valence-corrected chi connectivity index (χ2v) is 7.27. The molecule has 0 spiro atoms. The number of hydrogen-bond donors (Lipinski definition) is 1. The van der Waals surface area contributed by atoms with E-state index < -0.39 is 0 Å². The van der Waals surface area contributed by atoms with Gasteiger partial charge in [-0.25, -0.2) is 4.98 Å². The Labute approximate surface area is 164 Å². The fourth-order valence-corrected chi connectivity index (χ4v) is 3.51. The molecule has 148 valence electrons. The predicted molar refractivity (Wildman–Crippen MR) is 114 cm³/mol. The zero-order chi connectivity index (χ0) is 19.3. The van der Waals surface area contributed by atoms with E-state index in [1.807, 2.05) is 18.2 Å². The van der Waals surface area contributed by atoms with Crippen molar-refractivity contribution in [1.29, 1.82) is 0 Å². The monoisotopic (exact) mass is 369 g/mol. The maximum atomic E-state index is 11.5. The van der Waals surface area contributed by atoms with Crippen LogP contribution in [0.2, 0.25) is 0 Å². The van der Waals surface area contributed by atoms with Crippen molar-refractivity contribution in [1.82, 2.24) is 14.9 Å². The molecule has 0 saturated carbocycles. The summed E-state index contributed by atoms with van der Waals surface area (Å²) >= 11 is 0. The first kappa shape index (κ1) is 21.2. The van der Waals surface area contributed by atoms with Gasteiger partial charge in [-0.05, 0) is 24.6 Å². The molecule has 0 aliphatic heterocycles. The molecule has 1 amide bonds. The zero-order valence-electron chi connectivity index (χ0n) is 16.9. The van der Waals surface area contributed by atoms with Gasteiger partial charge < -0.3 is 9.88 Å². The minimum atomic E-state index is -0.160. The van der Waals surface area contributed by atoms with Gasteiger partial charge in [0, 0.05) is 6.54 Å². The summed E-state index contributed by atoms with van der Waals surface area (Å²) in [6.07, 6.45) is 14.6. The Balaban J connectivity index is 1.77. The lowest BCUT2D eigenvalue weighted by Crippen LogP contribution is -2.22. The van der Waals surface area contributed by atoms with E-state index >= 15 is 0 Å². The molecule has 1 heterocycles. The topological polar surface area (TPSA) is 46.9 Å². The lowest BCUT2D eigenvalue weighted by molar-refractivity contribution is -0.116. The minimum Gasteiger partial charge on any atom is -0.345 e. The number of carbonyl (C=O) groups excluding carboxylic acids is 1. The van der Waals surface area contributed by atoms with Gasteiger partial charge in [0.15, 0.2) is 0 Å². The van der Waals surface area contributed by atoms with E-state index in [-0.39, 0.29) is 5.91 Å². The molecule has 4 heteroatoms. The van der Waals surface area contributed by atoms with Crippen molar-refractivity contribution < 1.29 is 4.79 Å². The van der Waals surface area contributed by atoms with Crippen molar-refractivity contribution in [2.45, 2.75) is 84.2 Å². The number of benzene rings is 1. The van der Waals surface area contributed by atoms with Crippen LogP contribution in [0.15, 0.2) is 36.9 Å². The largest absolute Gasteiger partial charge is 0.345 e. The average Bonchev–Trinajstić information content (AvgIpc) is 3.05. The normalized spacial score (nSPS) is 11.0. The van der Waals surface area contributed by atoms with E-state index in [4.69, 9.17) is 4.98 Å². The van der Waals surface area contributed by atoms with Crippen LogP contribution < -0.4 is 5.32 Å². The summed E-state index contributed by atoms with van der Waals surface area (Å²) in [5.74, 6) is 0.759. The number of aromatic nitrogens is 2. The van der Waals surface area contributed by atoms with E-state index in [2.05, 4.69) is 29.5 Å².